The van der Waals surface area contributed by atoms with E-state index in [1.54, 1.807) is 0 Å². The lowest BCUT2D eigenvalue weighted by Gasteiger charge is -2.03. The van der Waals surface area contributed by atoms with Gasteiger partial charge in [-0.2, -0.15) is 0 Å². The normalized spacial score (nSPS) is 10.4. The molecule has 21 heavy (non-hydrogen) atoms. The molecule has 4 heteroatoms. The van der Waals surface area contributed by atoms with Crippen LogP contribution in [0.2, 0.25) is 0 Å². The Labute approximate surface area is 128 Å². The van der Waals surface area contributed by atoms with Gasteiger partial charge in [-0.3, -0.25) is 9.59 Å². The number of hydrogen-bond acceptors (Lipinski definition) is 4. The molecular weight excluding hydrogens is 268 g/mol. The van der Waals surface area contributed by atoms with Crippen LogP contribution in [0.5, 0.6) is 0 Å². The topological polar surface area (TPSA) is 60.4 Å². The lowest BCUT2D eigenvalue weighted by atomic mass is 10.1. The highest BCUT2D eigenvalue weighted by molar-refractivity contribution is 5.87. The van der Waals surface area contributed by atoms with Crippen LogP contribution in [0, 0.1) is 0 Å². The second-order valence-corrected chi connectivity index (χ2v) is 5.63. The van der Waals surface area contributed by atoms with Crippen molar-refractivity contribution in [2.24, 2.45) is 0 Å². The summed E-state index contributed by atoms with van der Waals surface area (Å²) in [7, 11) is 0. The van der Waals surface area contributed by atoms with Crippen LogP contribution in [0.15, 0.2) is 0 Å². The zero-order chi connectivity index (χ0) is 15.9. The lowest BCUT2D eigenvalue weighted by molar-refractivity contribution is -0.160. The van der Waals surface area contributed by atoms with Gasteiger partial charge in [-0.25, -0.2) is 0 Å². The first-order valence-corrected chi connectivity index (χ1v) is 8.29. The summed E-state index contributed by atoms with van der Waals surface area (Å²) in [6.45, 7) is 3.63. The number of carbonyl (C=O) groups is 3. The Bertz CT molecular complexity index is 310. The van der Waals surface area contributed by atoms with Gasteiger partial charge in [0.25, 0.3) is 0 Å². The minimum Gasteiger partial charge on any atom is -0.393 e. The molecule has 0 fully saturated rings. The van der Waals surface area contributed by atoms with E-state index < -0.39 is 11.9 Å². The first kappa shape index (κ1) is 19.8. The van der Waals surface area contributed by atoms with Crippen LogP contribution in [0.1, 0.15) is 90.9 Å². The van der Waals surface area contributed by atoms with Gasteiger partial charge < -0.3 is 9.53 Å². The van der Waals surface area contributed by atoms with E-state index in [0.717, 1.165) is 19.3 Å². The Morgan fingerprint density at radius 3 is 1.67 bits per heavy atom. The van der Waals surface area contributed by atoms with Crippen molar-refractivity contribution in [1.82, 2.24) is 0 Å². The quantitative estimate of drug-likeness (QED) is 0.288. The maximum atomic E-state index is 11.4. The number of rotatable bonds is 13. The maximum Gasteiger partial charge on any atom is 0.313 e. The molecule has 0 aromatic heterocycles. The van der Waals surface area contributed by atoms with Crippen molar-refractivity contribution in [3.8, 4) is 0 Å². The molecule has 0 aliphatic heterocycles. The molecule has 0 aromatic carbocycles. The Hall–Kier alpha value is -1.19. The SMILES string of the molecule is CCCCCCCCCCCC(=O)OC(=O)CCC(C)=O. The smallest absolute Gasteiger partial charge is 0.313 e. The number of esters is 2. The molecule has 0 rings (SSSR count). The first-order valence-electron chi connectivity index (χ1n) is 8.29. The average Bonchev–Trinajstić information content (AvgIpc) is 2.43. The number of hydrogen-bond donors (Lipinski definition) is 0. The number of carbonyl (C=O) groups excluding carboxylic acids is 3. The molecule has 0 amide bonds. The maximum absolute atomic E-state index is 11.4. The summed E-state index contributed by atoms with van der Waals surface area (Å²) in [6.07, 6.45) is 11.1. The van der Waals surface area contributed by atoms with Crippen molar-refractivity contribution in [1.29, 1.82) is 0 Å². The summed E-state index contributed by atoms with van der Waals surface area (Å²) < 4.78 is 4.64. The molecule has 0 heterocycles. The van der Waals surface area contributed by atoms with E-state index in [2.05, 4.69) is 11.7 Å². The molecular formula is C17H30O4. The molecule has 0 atom stereocenters. The van der Waals surface area contributed by atoms with Gasteiger partial charge in [0.05, 0.1) is 6.42 Å². The van der Waals surface area contributed by atoms with Gasteiger partial charge in [0.15, 0.2) is 0 Å². The molecule has 0 N–H and O–H groups in total. The van der Waals surface area contributed by atoms with Gasteiger partial charge in [0, 0.05) is 12.8 Å². The van der Waals surface area contributed by atoms with Gasteiger partial charge >= 0.3 is 11.9 Å². The fourth-order valence-electron chi connectivity index (χ4n) is 2.09. The monoisotopic (exact) mass is 298 g/mol. The summed E-state index contributed by atoms with van der Waals surface area (Å²) in [5.74, 6) is -1.13. The van der Waals surface area contributed by atoms with E-state index >= 15 is 0 Å². The molecule has 0 saturated heterocycles. The average molecular weight is 298 g/mol. The van der Waals surface area contributed by atoms with Gasteiger partial charge in [-0.1, -0.05) is 58.3 Å². The third-order valence-corrected chi connectivity index (χ3v) is 3.39. The van der Waals surface area contributed by atoms with Crippen molar-refractivity contribution in [2.75, 3.05) is 0 Å². The summed E-state index contributed by atoms with van der Waals surface area (Å²) in [5.41, 5.74) is 0. The first-order chi connectivity index (χ1) is 10.1. The van der Waals surface area contributed by atoms with Crippen molar-refractivity contribution in [3.63, 3.8) is 0 Å². The number of ether oxygens (including phenoxy) is 1. The van der Waals surface area contributed by atoms with E-state index in [1.807, 2.05) is 0 Å². The highest BCUT2D eigenvalue weighted by Gasteiger charge is 2.10. The molecule has 122 valence electrons. The van der Waals surface area contributed by atoms with Crippen molar-refractivity contribution in [2.45, 2.75) is 90.9 Å². The van der Waals surface area contributed by atoms with Crippen molar-refractivity contribution < 1.29 is 19.1 Å². The second kappa shape index (κ2) is 13.8. The molecule has 0 radical (unpaired) electrons. The summed E-state index contributed by atoms with van der Waals surface area (Å²) in [4.78, 5) is 33.3. The van der Waals surface area contributed by atoms with Crippen molar-refractivity contribution >= 4 is 17.7 Å². The zero-order valence-corrected chi connectivity index (χ0v) is 13.6. The Morgan fingerprint density at radius 2 is 1.14 bits per heavy atom. The molecule has 0 bridgehead atoms. The number of Topliss-reactive ketones (excluding diaryl/α,β-unsaturated/α-hetero) is 1. The lowest BCUT2D eigenvalue weighted by Crippen LogP contribution is -2.12. The standard InChI is InChI=1S/C17H30O4/c1-3-4-5-6-7-8-9-10-11-12-16(19)21-17(20)14-13-15(2)18/h3-14H2,1-2H3. The molecule has 0 saturated carbocycles. The third-order valence-electron chi connectivity index (χ3n) is 3.39. The van der Waals surface area contributed by atoms with Gasteiger partial charge in [-0.05, 0) is 13.3 Å². The molecule has 0 aliphatic carbocycles. The number of unbranched alkanes of at least 4 members (excludes halogenated alkanes) is 8. The van der Waals surface area contributed by atoms with E-state index in [0.29, 0.717) is 6.42 Å². The molecule has 0 aromatic rings. The van der Waals surface area contributed by atoms with Gasteiger partial charge in [0.1, 0.15) is 5.78 Å². The fourth-order valence-corrected chi connectivity index (χ4v) is 2.09. The fraction of sp³-hybridized carbons (Fsp3) is 0.824. The second-order valence-electron chi connectivity index (χ2n) is 5.63. The molecule has 0 spiro atoms. The highest BCUT2D eigenvalue weighted by Crippen LogP contribution is 2.11. The summed E-state index contributed by atoms with van der Waals surface area (Å²) in [5, 5.41) is 0. The predicted molar refractivity (Wildman–Crippen MR) is 82.9 cm³/mol. The van der Waals surface area contributed by atoms with Crippen LogP contribution < -0.4 is 0 Å². The van der Waals surface area contributed by atoms with Gasteiger partial charge in [-0.15, -0.1) is 0 Å². The van der Waals surface area contributed by atoms with Crippen LogP contribution in [-0.2, 0) is 19.1 Å². The Morgan fingerprint density at radius 1 is 0.667 bits per heavy atom. The van der Waals surface area contributed by atoms with Crippen LogP contribution >= 0.6 is 0 Å². The van der Waals surface area contributed by atoms with Crippen molar-refractivity contribution in [3.05, 3.63) is 0 Å². The predicted octanol–water partition coefficient (Wildman–Crippen LogP) is 4.35. The van der Waals surface area contributed by atoms with Crippen LogP contribution in [0.25, 0.3) is 0 Å². The molecule has 4 nitrogen and oxygen atoms in total. The largest absolute Gasteiger partial charge is 0.393 e. The Kier molecular flexibility index (Phi) is 13.0. The summed E-state index contributed by atoms with van der Waals surface area (Å²) in [6, 6.07) is 0. The van der Waals surface area contributed by atoms with Crippen LogP contribution in [-0.4, -0.2) is 17.7 Å². The highest BCUT2D eigenvalue weighted by atomic mass is 16.6. The Balaban J connectivity index is 3.37. The van der Waals surface area contributed by atoms with E-state index in [4.69, 9.17) is 0 Å². The third kappa shape index (κ3) is 15.0. The minimum atomic E-state index is -0.592. The molecule has 0 aliphatic rings. The van der Waals surface area contributed by atoms with Crippen LogP contribution in [0.3, 0.4) is 0 Å². The minimum absolute atomic E-state index is 0.00116. The van der Waals surface area contributed by atoms with E-state index in [-0.39, 0.29) is 18.6 Å². The van der Waals surface area contributed by atoms with E-state index in [1.165, 1.54) is 45.4 Å². The number of ketones is 1. The summed E-state index contributed by atoms with van der Waals surface area (Å²) >= 11 is 0. The zero-order valence-electron chi connectivity index (χ0n) is 13.6. The molecule has 0 unspecified atom stereocenters. The van der Waals surface area contributed by atoms with Crippen LogP contribution in [0.4, 0.5) is 0 Å². The van der Waals surface area contributed by atoms with Gasteiger partial charge in [0.2, 0.25) is 0 Å². The van der Waals surface area contributed by atoms with E-state index in [9.17, 15) is 14.4 Å².